The van der Waals surface area contributed by atoms with E-state index < -0.39 is 12.0 Å². The van der Waals surface area contributed by atoms with Crippen molar-refractivity contribution in [1.29, 1.82) is 0 Å². The van der Waals surface area contributed by atoms with Crippen molar-refractivity contribution < 1.29 is 14.7 Å². The van der Waals surface area contributed by atoms with Crippen molar-refractivity contribution in [2.24, 2.45) is 0 Å². The van der Waals surface area contributed by atoms with Crippen LogP contribution in [0.3, 0.4) is 0 Å². The maximum Gasteiger partial charge on any atom is 0.320 e. The molecule has 5 heteroatoms. The standard InChI is InChI=1S/C20H22N2O3/c1-14(20(24)25)22(16-11-12-16)13-19(23)21-18-10-6-5-9-17(18)15-7-3-2-4-8-15/h2-10,14,16H,11-13H2,1H3,(H,21,23)(H,24,25). The lowest BCUT2D eigenvalue weighted by Crippen LogP contribution is -2.44. The fourth-order valence-electron chi connectivity index (χ4n) is 2.95. The molecular weight excluding hydrogens is 316 g/mol. The highest BCUT2D eigenvalue weighted by Crippen LogP contribution is 2.30. The van der Waals surface area contributed by atoms with Gasteiger partial charge in [-0.3, -0.25) is 14.5 Å². The van der Waals surface area contributed by atoms with E-state index in [-0.39, 0.29) is 18.5 Å². The van der Waals surface area contributed by atoms with Crippen LogP contribution in [0.15, 0.2) is 54.6 Å². The molecule has 1 atom stereocenters. The number of nitrogens with zero attached hydrogens (tertiary/aromatic N) is 1. The van der Waals surface area contributed by atoms with Crippen LogP contribution in [0.2, 0.25) is 0 Å². The van der Waals surface area contributed by atoms with Gasteiger partial charge in [-0.2, -0.15) is 0 Å². The Labute approximate surface area is 147 Å². The lowest BCUT2D eigenvalue weighted by atomic mass is 10.0. The molecule has 1 aliphatic rings. The van der Waals surface area contributed by atoms with Crippen LogP contribution in [0.1, 0.15) is 19.8 Å². The van der Waals surface area contributed by atoms with Crippen LogP contribution >= 0.6 is 0 Å². The topological polar surface area (TPSA) is 69.6 Å². The van der Waals surface area contributed by atoms with Crippen LogP contribution in [-0.4, -0.2) is 40.5 Å². The molecule has 1 unspecified atom stereocenters. The molecule has 130 valence electrons. The van der Waals surface area contributed by atoms with Gasteiger partial charge in [0, 0.05) is 17.3 Å². The molecule has 1 amide bonds. The number of carbonyl (C=O) groups is 2. The Morgan fingerprint density at radius 1 is 1.12 bits per heavy atom. The molecule has 3 rings (SSSR count). The Bertz CT molecular complexity index is 757. The van der Waals surface area contributed by atoms with Gasteiger partial charge >= 0.3 is 5.97 Å². The molecule has 5 nitrogen and oxygen atoms in total. The third-order valence-corrected chi connectivity index (χ3v) is 4.48. The molecule has 1 aliphatic carbocycles. The van der Waals surface area contributed by atoms with Crippen molar-refractivity contribution in [2.45, 2.75) is 31.8 Å². The summed E-state index contributed by atoms with van der Waals surface area (Å²) in [6, 6.07) is 17.0. The maximum atomic E-state index is 12.5. The zero-order chi connectivity index (χ0) is 17.8. The fourth-order valence-corrected chi connectivity index (χ4v) is 2.95. The first-order valence-corrected chi connectivity index (χ1v) is 8.49. The van der Waals surface area contributed by atoms with Gasteiger partial charge in [0.1, 0.15) is 6.04 Å². The van der Waals surface area contributed by atoms with Gasteiger partial charge in [0.25, 0.3) is 0 Å². The lowest BCUT2D eigenvalue weighted by molar-refractivity contribution is -0.143. The van der Waals surface area contributed by atoms with Crippen molar-refractivity contribution in [2.75, 3.05) is 11.9 Å². The predicted molar refractivity (Wildman–Crippen MR) is 97.3 cm³/mol. The lowest BCUT2D eigenvalue weighted by Gasteiger charge is -2.25. The van der Waals surface area contributed by atoms with Crippen LogP contribution < -0.4 is 5.32 Å². The number of carboxylic acids is 1. The third kappa shape index (κ3) is 4.25. The number of aliphatic carboxylic acids is 1. The van der Waals surface area contributed by atoms with Crippen molar-refractivity contribution in [1.82, 2.24) is 4.90 Å². The van der Waals surface area contributed by atoms with E-state index in [1.54, 1.807) is 11.8 Å². The summed E-state index contributed by atoms with van der Waals surface area (Å²) in [5.74, 6) is -1.09. The first-order valence-electron chi connectivity index (χ1n) is 8.49. The summed E-state index contributed by atoms with van der Waals surface area (Å²) in [5.41, 5.74) is 2.70. The van der Waals surface area contributed by atoms with Gasteiger partial charge in [-0.1, -0.05) is 48.5 Å². The molecule has 0 spiro atoms. The molecule has 1 saturated carbocycles. The van der Waals surface area contributed by atoms with Crippen molar-refractivity contribution in [3.63, 3.8) is 0 Å². The number of anilines is 1. The predicted octanol–water partition coefficient (Wildman–Crippen LogP) is 3.23. The highest BCUT2D eigenvalue weighted by Gasteiger charge is 2.36. The Kier molecular flexibility index (Phi) is 5.14. The van der Waals surface area contributed by atoms with Gasteiger partial charge in [-0.25, -0.2) is 0 Å². The summed E-state index contributed by atoms with van der Waals surface area (Å²) in [7, 11) is 0. The van der Waals surface area contributed by atoms with Crippen molar-refractivity contribution >= 4 is 17.6 Å². The average Bonchev–Trinajstić information content (AvgIpc) is 3.45. The van der Waals surface area contributed by atoms with Gasteiger partial charge in [-0.15, -0.1) is 0 Å². The Morgan fingerprint density at radius 3 is 2.40 bits per heavy atom. The van der Waals surface area contributed by atoms with E-state index in [0.717, 1.165) is 29.7 Å². The minimum absolute atomic E-state index is 0.0846. The number of hydrogen-bond acceptors (Lipinski definition) is 3. The smallest absolute Gasteiger partial charge is 0.320 e. The Hall–Kier alpha value is -2.66. The van der Waals surface area contributed by atoms with E-state index in [0.29, 0.717) is 0 Å². The molecule has 0 heterocycles. The van der Waals surface area contributed by atoms with Gasteiger partial charge < -0.3 is 10.4 Å². The molecule has 0 saturated heterocycles. The van der Waals surface area contributed by atoms with Crippen LogP contribution in [0.5, 0.6) is 0 Å². The first kappa shape index (κ1) is 17.2. The SMILES string of the molecule is CC(C(=O)O)N(CC(=O)Nc1ccccc1-c1ccccc1)C1CC1. The van der Waals surface area contributed by atoms with E-state index in [4.69, 9.17) is 0 Å². The Balaban J connectivity index is 1.74. The molecule has 0 aromatic heterocycles. The van der Waals surface area contributed by atoms with Crippen LogP contribution in [0.25, 0.3) is 11.1 Å². The van der Waals surface area contributed by atoms with Gasteiger partial charge in [-0.05, 0) is 31.4 Å². The molecule has 0 aliphatic heterocycles. The fraction of sp³-hybridized carbons (Fsp3) is 0.300. The van der Waals surface area contributed by atoms with Crippen LogP contribution in [0.4, 0.5) is 5.69 Å². The van der Waals surface area contributed by atoms with Crippen LogP contribution in [-0.2, 0) is 9.59 Å². The molecular formula is C20H22N2O3. The van der Waals surface area contributed by atoms with E-state index in [1.165, 1.54) is 0 Å². The number of nitrogens with one attached hydrogen (secondary N) is 1. The second-order valence-electron chi connectivity index (χ2n) is 6.38. The second kappa shape index (κ2) is 7.49. The molecule has 2 aromatic carbocycles. The largest absolute Gasteiger partial charge is 0.480 e. The number of para-hydroxylation sites is 1. The number of amides is 1. The summed E-state index contributed by atoms with van der Waals surface area (Å²) in [6.45, 7) is 1.72. The van der Waals surface area contributed by atoms with Crippen molar-refractivity contribution in [3.8, 4) is 11.1 Å². The number of carbonyl (C=O) groups excluding carboxylic acids is 1. The molecule has 2 N–H and O–H groups in total. The number of carboxylic acid groups (broad SMARTS) is 1. The monoisotopic (exact) mass is 338 g/mol. The molecule has 0 radical (unpaired) electrons. The van der Waals surface area contributed by atoms with E-state index in [9.17, 15) is 14.7 Å². The van der Waals surface area contributed by atoms with E-state index >= 15 is 0 Å². The normalized spacial score (nSPS) is 15.0. The summed E-state index contributed by atoms with van der Waals surface area (Å²) in [6.07, 6.45) is 1.90. The minimum Gasteiger partial charge on any atom is -0.480 e. The van der Waals surface area contributed by atoms with Gasteiger partial charge in [0.15, 0.2) is 0 Å². The molecule has 25 heavy (non-hydrogen) atoms. The Morgan fingerprint density at radius 2 is 1.76 bits per heavy atom. The summed E-state index contributed by atoms with van der Waals surface area (Å²) >= 11 is 0. The third-order valence-electron chi connectivity index (χ3n) is 4.48. The van der Waals surface area contributed by atoms with E-state index in [2.05, 4.69) is 5.32 Å². The zero-order valence-corrected chi connectivity index (χ0v) is 14.2. The van der Waals surface area contributed by atoms with Crippen molar-refractivity contribution in [3.05, 3.63) is 54.6 Å². The highest BCUT2D eigenvalue weighted by molar-refractivity contribution is 5.96. The number of benzene rings is 2. The highest BCUT2D eigenvalue weighted by atomic mass is 16.4. The first-order chi connectivity index (χ1) is 12.1. The minimum atomic E-state index is -0.899. The molecule has 1 fully saturated rings. The summed E-state index contributed by atoms with van der Waals surface area (Å²) in [4.78, 5) is 25.6. The van der Waals surface area contributed by atoms with E-state index in [1.807, 2.05) is 54.6 Å². The van der Waals surface area contributed by atoms with Crippen LogP contribution in [0, 0.1) is 0 Å². The second-order valence-corrected chi connectivity index (χ2v) is 6.38. The van der Waals surface area contributed by atoms with Gasteiger partial charge in [0.05, 0.1) is 6.54 Å². The number of hydrogen-bond donors (Lipinski definition) is 2. The zero-order valence-electron chi connectivity index (χ0n) is 14.2. The summed E-state index contributed by atoms with van der Waals surface area (Å²) < 4.78 is 0. The maximum absolute atomic E-state index is 12.5. The molecule has 2 aromatic rings. The average molecular weight is 338 g/mol. The molecule has 0 bridgehead atoms. The number of rotatable bonds is 7. The van der Waals surface area contributed by atoms with Gasteiger partial charge in [0.2, 0.25) is 5.91 Å². The quantitative estimate of drug-likeness (QED) is 0.813. The summed E-state index contributed by atoms with van der Waals surface area (Å²) in [5, 5.41) is 12.2.